The molecule has 2 saturated heterocycles. The molecule has 1 aromatic carbocycles. The number of hydrogen-bond acceptors (Lipinski definition) is 10. The number of ether oxygens (including phenoxy) is 1. The molecule has 3 aromatic heterocycles. The van der Waals surface area contributed by atoms with Gasteiger partial charge in [-0.2, -0.15) is 5.10 Å². The Hall–Kier alpha value is -4.72. The van der Waals surface area contributed by atoms with Crippen LogP contribution in [0.15, 0.2) is 41.6 Å². The Morgan fingerprint density at radius 2 is 1.92 bits per heavy atom. The molecule has 0 saturated carbocycles. The lowest BCUT2D eigenvalue weighted by Crippen LogP contribution is -2.75. The largest absolute Gasteiger partial charge is 0.372 e. The lowest BCUT2D eigenvalue weighted by molar-refractivity contribution is -0.153. The number of barbiturate groups is 1. The summed E-state index contributed by atoms with van der Waals surface area (Å²) in [4.78, 5) is 48.7. The van der Waals surface area contributed by atoms with Crippen molar-refractivity contribution in [2.75, 3.05) is 11.4 Å². The molecule has 3 aliphatic heterocycles. The Morgan fingerprint density at radius 1 is 1.13 bits per heavy atom. The highest BCUT2D eigenvalue weighted by Crippen LogP contribution is 2.49. The molecule has 4 amide bonds. The molecule has 198 valence electrons. The van der Waals surface area contributed by atoms with Gasteiger partial charge in [0.05, 0.1) is 47.4 Å². The monoisotopic (exact) mass is 532 g/mol. The van der Waals surface area contributed by atoms with Crippen molar-refractivity contribution in [2.45, 2.75) is 38.5 Å². The minimum atomic E-state index is -1.73. The third-order valence-electron chi connectivity index (χ3n) is 7.60. The molecule has 1 spiro atoms. The second kappa shape index (κ2) is 8.14. The first-order valence-corrected chi connectivity index (χ1v) is 12.3. The summed E-state index contributed by atoms with van der Waals surface area (Å²) in [6.07, 6.45) is 6.82. The van der Waals surface area contributed by atoms with Crippen LogP contribution in [0.25, 0.3) is 28.0 Å². The first-order valence-electron chi connectivity index (χ1n) is 12.3. The van der Waals surface area contributed by atoms with Crippen LogP contribution in [0.1, 0.15) is 19.4 Å². The average Bonchev–Trinajstić information content (AvgIpc) is 3.55. The summed E-state index contributed by atoms with van der Waals surface area (Å²) < 4.78 is 29.1. The Kier molecular flexibility index (Phi) is 4.88. The minimum absolute atomic E-state index is 0.0884. The third kappa shape index (κ3) is 3.24. The van der Waals surface area contributed by atoms with Crippen molar-refractivity contribution in [3.05, 3.63) is 48.4 Å². The Bertz CT molecular complexity index is 1660. The number of nitrogens with one attached hydrogen (secondary N) is 2. The molecule has 0 unspecified atom stereocenters. The van der Waals surface area contributed by atoms with Crippen molar-refractivity contribution in [2.24, 2.45) is 5.41 Å². The van der Waals surface area contributed by atoms with Crippen molar-refractivity contribution < 1.29 is 28.0 Å². The number of morpholine rings is 1. The van der Waals surface area contributed by atoms with E-state index in [-0.39, 0.29) is 36.2 Å². The molecule has 3 aliphatic rings. The lowest BCUT2D eigenvalue weighted by atomic mass is 9.66. The van der Waals surface area contributed by atoms with Crippen molar-refractivity contribution in [3.8, 4) is 17.1 Å². The number of fused-ring (bicyclic) bond motifs is 5. The summed E-state index contributed by atoms with van der Waals surface area (Å²) in [6.45, 7) is 3.77. The van der Waals surface area contributed by atoms with Gasteiger partial charge in [-0.05, 0) is 25.5 Å². The molecule has 3 atom stereocenters. The van der Waals surface area contributed by atoms with Crippen LogP contribution in [0.5, 0.6) is 0 Å². The van der Waals surface area contributed by atoms with Crippen LogP contribution in [0.4, 0.5) is 14.9 Å². The van der Waals surface area contributed by atoms with Crippen LogP contribution in [0.2, 0.25) is 0 Å². The second-order valence-corrected chi connectivity index (χ2v) is 9.98. The normalized spacial score (nSPS) is 23.9. The van der Waals surface area contributed by atoms with Crippen molar-refractivity contribution in [3.63, 3.8) is 0 Å². The van der Waals surface area contributed by atoms with E-state index in [2.05, 4.69) is 30.9 Å². The highest BCUT2D eigenvalue weighted by atomic mass is 19.1. The third-order valence-corrected chi connectivity index (χ3v) is 7.60. The maximum atomic E-state index is 16.3. The molecule has 4 aromatic rings. The van der Waals surface area contributed by atoms with Crippen molar-refractivity contribution in [1.29, 1.82) is 0 Å². The number of rotatable bonds is 2. The standard InChI is InChI=1S/C25H21FN8O5/c1-11-9-33-18-13(6-25(20(33)12(2)38-11)22(35)30-24(37)31-23(25)36)5-15-19(17(18)26)39-32-21(15)34-10-14(7-29-34)16-8-27-3-4-28-16/h3-5,7-8,10-12,20H,6,9H2,1-2H3,(H2,30,31,35,36,37)/t11-,12+,20-/m1/s1. The number of aromatic nitrogens is 5. The van der Waals surface area contributed by atoms with Gasteiger partial charge in [-0.25, -0.2) is 13.9 Å². The molecule has 2 fully saturated rings. The lowest BCUT2D eigenvalue weighted by Gasteiger charge is -2.55. The van der Waals surface area contributed by atoms with Crippen LogP contribution in [0.3, 0.4) is 0 Å². The zero-order valence-corrected chi connectivity index (χ0v) is 20.7. The van der Waals surface area contributed by atoms with Gasteiger partial charge in [0.2, 0.25) is 23.2 Å². The predicted molar refractivity (Wildman–Crippen MR) is 131 cm³/mol. The van der Waals surface area contributed by atoms with E-state index in [0.717, 1.165) is 0 Å². The zero-order valence-electron chi connectivity index (χ0n) is 20.7. The molecule has 13 nitrogen and oxygen atoms in total. The smallest absolute Gasteiger partial charge is 0.328 e. The van der Waals surface area contributed by atoms with E-state index in [1.807, 2.05) is 6.92 Å². The molecule has 0 bridgehead atoms. The number of carbonyl (C=O) groups is 3. The molecular weight excluding hydrogens is 511 g/mol. The molecular formula is C25H21FN8O5. The Labute approximate surface area is 219 Å². The topological polar surface area (TPSA) is 157 Å². The van der Waals surface area contributed by atoms with Gasteiger partial charge in [0, 0.05) is 37.1 Å². The number of halogens is 1. The van der Waals surface area contributed by atoms with Crippen LogP contribution in [-0.2, 0) is 20.7 Å². The number of carbonyl (C=O) groups excluding carboxylic acids is 3. The maximum Gasteiger partial charge on any atom is 0.328 e. The van der Waals surface area contributed by atoms with Crippen LogP contribution >= 0.6 is 0 Å². The van der Waals surface area contributed by atoms with E-state index in [9.17, 15) is 14.4 Å². The molecule has 14 heteroatoms. The molecule has 39 heavy (non-hydrogen) atoms. The number of imide groups is 2. The maximum absolute atomic E-state index is 16.3. The fourth-order valence-corrected chi connectivity index (χ4v) is 6.12. The van der Waals surface area contributed by atoms with E-state index in [4.69, 9.17) is 9.26 Å². The van der Waals surface area contributed by atoms with Gasteiger partial charge in [0.1, 0.15) is 0 Å². The van der Waals surface area contributed by atoms with Crippen molar-refractivity contribution in [1.82, 2.24) is 35.5 Å². The highest BCUT2D eigenvalue weighted by molar-refractivity contribution is 6.20. The van der Waals surface area contributed by atoms with Gasteiger partial charge >= 0.3 is 6.03 Å². The van der Waals surface area contributed by atoms with Gasteiger partial charge in [0.15, 0.2) is 11.2 Å². The van der Waals surface area contributed by atoms with E-state index in [1.54, 1.807) is 48.9 Å². The summed E-state index contributed by atoms with van der Waals surface area (Å²) >= 11 is 0. The first kappa shape index (κ1) is 23.4. The SMILES string of the molecule is C[C@@H]1CN2c3c(cc4c(-n5cc(-c6cnccn6)cn5)noc4c3F)CC3(C(=O)NC(=O)NC3=O)[C@H]2[C@H](C)O1. The second-order valence-electron chi connectivity index (χ2n) is 9.98. The van der Waals surface area contributed by atoms with Crippen molar-refractivity contribution >= 4 is 34.5 Å². The van der Waals surface area contributed by atoms with Gasteiger partial charge in [-0.15, -0.1) is 0 Å². The first-order chi connectivity index (χ1) is 18.8. The fourth-order valence-electron chi connectivity index (χ4n) is 6.12. The summed E-state index contributed by atoms with van der Waals surface area (Å²) in [5.41, 5.74) is 0.0324. The van der Waals surface area contributed by atoms with Crippen LogP contribution < -0.4 is 15.5 Å². The van der Waals surface area contributed by atoms with Gasteiger partial charge in [-0.3, -0.25) is 30.2 Å². The van der Waals surface area contributed by atoms with Crippen LogP contribution in [-0.4, -0.2) is 67.5 Å². The molecule has 0 aliphatic carbocycles. The summed E-state index contributed by atoms with van der Waals surface area (Å²) in [7, 11) is 0. The molecule has 7 rings (SSSR count). The Morgan fingerprint density at radius 3 is 2.67 bits per heavy atom. The van der Waals surface area contributed by atoms with E-state index >= 15 is 4.39 Å². The summed E-state index contributed by atoms with van der Waals surface area (Å²) in [5, 5.41) is 13.2. The number of benzene rings is 1. The number of amides is 4. The number of nitrogens with zero attached hydrogens (tertiary/aromatic N) is 6. The van der Waals surface area contributed by atoms with E-state index in [0.29, 0.717) is 22.2 Å². The fraction of sp³-hybridized carbons (Fsp3) is 0.320. The van der Waals surface area contributed by atoms with Gasteiger partial charge < -0.3 is 14.2 Å². The molecule has 2 N–H and O–H groups in total. The molecule has 6 heterocycles. The molecule has 0 radical (unpaired) electrons. The zero-order chi connectivity index (χ0) is 27.1. The van der Waals surface area contributed by atoms with E-state index in [1.165, 1.54) is 4.68 Å². The Balaban J connectivity index is 1.40. The average molecular weight is 532 g/mol. The highest BCUT2D eigenvalue weighted by Gasteiger charge is 2.63. The quantitative estimate of drug-likeness (QED) is 0.363. The van der Waals surface area contributed by atoms with Crippen LogP contribution in [0, 0.1) is 11.2 Å². The van der Waals surface area contributed by atoms with Gasteiger partial charge in [-0.1, -0.05) is 5.16 Å². The van der Waals surface area contributed by atoms with E-state index < -0.39 is 41.2 Å². The van der Waals surface area contributed by atoms with Gasteiger partial charge in [0.25, 0.3) is 0 Å². The predicted octanol–water partition coefficient (Wildman–Crippen LogP) is 1.50. The number of anilines is 1. The number of hydrogen-bond donors (Lipinski definition) is 2. The minimum Gasteiger partial charge on any atom is -0.372 e. The summed E-state index contributed by atoms with van der Waals surface area (Å²) in [6, 6.07) is -0.112. The summed E-state index contributed by atoms with van der Waals surface area (Å²) in [5.74, 6) is -1.96. The number of urea groups is 1.